The average Bonchev–Trinajstić information content (AvgIpc) is 1.96. The first-order chi connectivity index (χ1) is 5.43. The summed E-state index contributed by atoms with van der Waals surface area (Å²) in [6.07, 6.45) is 0.773. The molecule has 0 saturated carbocycles. The summed E-state index contributed by atoms with van der Waals surface area (Å²) >= 11 is 0. The molecule has 0 radical (unpaired) electrons. The molecule has 0 atom stereocenters. The van der Waals surface area contributed by atoms with E-state index < -0.39 is 26.8 Å². The predicted molar refractivity (Wildman–Crippen MR) is 41.0 cm³/mol. The first-order valence-corrected chi connectivity index (χ1v) is 4.60. The second-order valence-electron chi connectivity index (χ2n) is 1.90. The molecule has 0 spiro atoms. The lowest BCUT2D eigenvalue weighted by Crippen LogP contribution is -2.28. The van der Waals surface area contributed by atoms with Gasteiger partial charge in [0.25, 0.3) is 5.91 Å². The Morgan fingerprint density at radius 1 is 1.58 bits per heavy atom. The number of hydrogen-bond acceptors (Lipinski definition) is 3. The van der Waals surface area contributed by atoms with Crippen molar-refractivity contribution < 1.29 is 24.3 Å². The van der Waals surface area contributed by atoms with Crippen molar-refractivity contribution in [1.82, 2.24) is 4.67 Å². The fraction of sp³-hybridized carbons (Fsp3) is 0.400. The van der Waals surface area contributed by atoms with E-state index in [9.17, 15) is 9.36 Å². The van der Waals surface area contributed by atoms with Gasteiger partial charge in [-0.1, -0.05) is 6.58 Å². The van der Waals surface area contributed by atoms with Gasteiger partial charge < -0.3 is 14.9 Å². The van der Waals surface area contributed by atoms with Crippen molar-refractivity contribution in [3.05, 3.63) is 12.7 Å². The molecule has 0 saturated heterocycles. The zero-order chi connectivity index (χ0) is 9.78. The molecule has 0 aromatic heterocycles. The number of carbonyl (C=O) groups is 1. The molecule has 0 aliphatic carbocycles. The Morgan fingerprint density at radius 3 is 2.33 bits per heavy atom. The molecular formula is C5H10NO5P. The van der Waals surface area contributed by atoms with Crippen LogP contribution in [-0.2, 0) is 9.36 Å². The summed E-state index contributed by atoms with van der Waals surface area (Å²) in [5, 5.41) is 8.37. The molecule has 0 aromatic carbocycles. The molecular weight excluding hydrogens is 185 g/mol. The third kappa shape index (κ3) is 3.15. The third-order valence-electron chi connectivity index (χ3n) is 1.06. The maximum atomic E-state index is 10.8. The summed E-state index contributed by atoms with van der Waals surface area (Å²) in [4.78, 5) is 27.9. The van der Waals surface area contributed by atoms with Crippen molar-refractivity contribution in [3.8, 4) is 0 Å². The molecule has 0 unspecified atom stereocenters. The Hall–Kier alpha value is -0.680. The van der Waals surface area contributed by atoms with Gasteiger partial charge in [-0.05, 0) is 6.08 Å². The maximum absolute atomic E-state index is 10.8. The van der Waals surface area contributed by atoms with Gasteiger partial charge in [-0.2, -0.15) is 0 Å². The van der Waals surface area contributed by atoms with E-state index in [2.05, 4.69) is 6.58 Å². The molecule has 0 aliphatic heterocycles. The topological polar surface area (TPSA) is 98.1 Å². The summed E-state index contributed by atoms with van der Waals surface area (Å²) in [6.45, 7) is 2.14. The maximum Gasteiger partial charge on any atom is 0.432 e. The minimum Gasteiger partial charge on any atom is -0.395 e. The Morgan fingerprint density at radius 2 is 2.08 bits per heavy atom. The highest BCUT2D eigenvalue weighted by atomic mass is 31.2. The van der Waals surface area contributed by atoms with Crippen LogP contribution in [0.1, 0.15) is 0 Å². The van der Waals surface area contributed by atoms with Gasteiger partial charge >= 0.3 is 7.75 Å². The molecule has 0 bridgehead atoms. The van der Waals surface area contributed by atoms with Gasteiger partial charge in [0.05, 0.1) is 13.2 Å². The average molecular weight is 195 g/mol. The van der Waals surface area contributed by atoms with E-state index in [0.29, 0.717) is 0 Å². The second kappa shape index (κ2) is 4.37. The largest absolute Gasteiger partial charge is 0.432 e. The molecule has 0 aromatic rings. The lowest BCUT2D eigenvalue weighted by atomic mass is 10.5. The van der Waals surface area contributed by atoms with Crippen LogP contribution < -0.4 is 0 Å². The van der Waals surface area contributed by atoms with E-state index in [1.165, 1.54) is 0 Å². The Kier molecular flexibility index (Phi) is 4.12. The quantitative estimate of drug-likeness (QED) is 0.398. The second-order valence-corrected chi connectivity index (χ2v) is 3.41. The fourth-order valence-electron chi connectivity index (χ4n) is 0.569. The molecule has 70 valence electrons. The first kappa shape index (κ1) is 11.3. The van der Waals surface area contributed by atoms with Gasteiger partial charge in [0.1, 0.15) is 0 Å². The Bertz CT molecular complexity index is 222. The van der Waals surface area contributed by atoms with E-state index in [-0.39, 0.29) is 4.67 Å². The van der Waals surface area contributed by atoms with Crippen molar-refractivity contribution >= 4 is 13.7 Å². The number of nitrogens with zero attached hydrogens (tertiary/aromatic N) is 1. The zero-order valence-corrected chi connectivity index (χ0v) is 7.15. The molecule has 0 fully saturated rings. The van der Waals surface area contributed by atoms with Crippen molar-refractivity contribution in [3.63, 3.8) is 0 Å². The van der Waals surface area contributed by atoms with Crippen molar-refractivity contribution in [1.29, 1.82) is 0 Å². The van der Waals surface area contributed by atoms with Gasteiger partial charge in [-0.25, -0.2) is 9.24 Å². The summed E-state index contributed by atoms with van der Waals surface area (Å²) in [5.41, 5.74) is 0. The molecule has 6 nitrogen and oxygen atoms in total. The van der Waals surface area contributed by atoms with Crippen LogP contribution in [-0.4, -0.2) is 38.6 Å². The number of hydrogen-bond donors (Lipinski definition) is 3. The van der Waals surface area contributed by atoms with E-state index in [1.54, 1.807) is 0 Å². The zero-order valence-electron chi connectivity index (χ0n) is 6.25. The number of aliphatic hydroxyl groups is 1. The van der Waals surface area contributed by atoms with Crippen molar-refractivity contribution in [2.75, 3.05) is 13.2 Å². The third-order valence-corrected chi connectivity index (χ3v) is 2.08. The molecule has 12 heavy (non-hydrogen) atoms. The van der Waals surface area contributed by atoms with Gasteiger partial charge in [-0.3, -0.25) is 4.79 Å². The fourth-order valence-corrected chi connectivity index (χ4v) is 1.26. The lowest BCUT2D eigenvalue weighted by molar-refractivity contribution is -0.122. The molecule has 3 N–H and O–H groups in total. The van der Waals surface area contributed by atoms with Crippen LogP contribution in [0.3, 0.4) is 0 Å². The van der Waals surface area contributed by atoms with Crippen LogP contribution in [0, 0.1) is 0 Å². The van der Waals surface area contributed by atoms with E-state index in [4.69, 9.17) is 14.9 Å². The number of carbonyl (C=O) groups excluding carboxylic acids is 1. The number of amides is 1. The Balaban J connectivity index is 4.55. The summed E-state index contributed by atoms with van der Waals surface area (Å²) < 4.78 is 10.8. The van der Waals surface area contributed by atoms with E-state index in [1.807, 2.05) is 0 Å². The van der Waals surface area contributed by atoms with Crippen LogP contribution in [0.5, 0.6) is 0 Å². The standard InChI is InChI=1S/C5H10NO5P/c1-2-5(8)6(3-4-7)12(9,10)11/h2,7H,1,3-4H2,(H2,9,10,11). The monoisotopic (exact) mass is 195 g/mol. The van der Waals surface area contributed by atoms with Crippen molar-refractivity contribution in [2.24, 2.45) is 0 Å². The normalized spacial score (nSPS) is 10.9. The Labute approximate surface area is 69.3 Å². The van der Waals surface area contributed by atoms with Gasteiger partial charge in [0.15, 0.2) is 0 Å². The summed E-state index contributed by atoms with van der Waals surface area (Å²) in [5.74, 6) is -0.905. The van der Waals surface area contributed by atoms with Gasteiger partial charge in [0, 0.05) is 0 Å². The smallest absolute Gasteiger partial charge is 0.395 e. The van der Waals surface area contributed by atoms with Crippen LogP contribution >= 0.6 is 7.75 Å². The number of rotatable bonds is 4. The van der Waals surface area contributed by atoms with Crippen LogP contribution in [0.2, 0.25) is 0 Å². The molecule has 0 rings (SSSR count). The van der Waals surface area contributed by atoms with Crippen LogP contribution in [0.4, 0.5) is 0 Å². The predicted octanol–water partition coefficient (Wildman–Crippen LogP) is -0.914. The molecule has 0 aliphatic rings. The minimum absolute atomic E-state index is 0.250. The minimum atomic E-state index is -4.61. The molecule has 1 amide bonds. The molecule has 0 heterocycles. The first-order valence-electron chi connectivity index (χ1n) is 3.04. The van der Waals surface area contributed by atoms with Crippen LogP contribution in [0.15, 0.2) is 12.7 Å². The van der Waals surface area contributed by atoms with Crippen LogP contribution in [0.25, 0.3) is 0 Å². The van der Waals surface area contributed by atoms with Crippen molar-refractivity contribution in [2.45, 2.75) is 0 Å². The van der Waals surface area contributed by atoms with Gasteiger partial charge in [0.2, 0.25) is 0 Å². The summed E-state index contributed by atoms with van der Waals surface area (Å²) in [7, 11) is -4.61. The van der Waals surface area contributed by atoms with Gasteiger partial charge in [-0.15, -0.1) is 0 Å². The van der Waals surface area contributed by atoms with E-state index >= 15 is 0 Å². The van der Waals surface area contributed by atoms with E-state index in [0.717, 1.165) is 6.08 Å². The molecule has 7 heteroatoms. The highest BCUT2D eigenvalue weighted by Gasteiger charge is 2.27. The summed E-state index contributed by atoms with van der Waals surface area (Å²) in [6, 6.07) is 0. The highest BCUT2D eigenvalue weighted by Crippen LogP contribution is 2.39. The lowest BCUT2D eigenvalue weighted by Gasteiger charge is -2.20. The number of aliphatic hydroxyl groups excluding tert-OH is 1. The highest BCUT2D eigenvalue weighted by molar-refractivity contribution is 7.50. The SMILES string of the molecule is C=CC(=O)N(CCO)P(=O)(O)O.